The van der Waals surface area contributed by atoms with E-state index in [1.807, 2.05) is 60.7 Å². The fourth-order valence-corrected chi connectivity index (χ4v) is 3.61. The molecule has 0 aliphatic carbocycles. The Bertz CT molecular complexity index is 1370. The third kappa shape index (κ3) is 7.05. The fourth-order valence-electron chi connectivity index (χ4n) is 3.61. The van der Waals surface area contributed by atoms with Gasteiger partial charge in [-0.2, -0.15) is 0 Å². The molecule has 0 unspecified atom stereocenters. The lowest BCUT2D eigenvalue weighted by molar-refractivity contribution is 0.0950. The van der Waals surface area contributed by atoms with Crippen LogP contribution >= 0.6 is 0 Å². The average Bonchev–Trinajstić information content (AvgIpc) is 2.93. The van der Waals surface area contributed by atoms with Crippen molar-refractivity contribution in [3.05, 3.63) is 120 Å². The quantitative estimate of drug-likeness (QED) is 0.229. The molecule has 0 spiro atoms. The van der Waals surface area contributed by atoms with Crippen LogP contribution in [0.15, 0.2) is 103 Å². The molecule has 2 N–H and O–H groups in total. The molecular weight excluding hydrogens is 468 g/mol. The number of hydrogen-bond donors (Lipinski definition) is 2. The van der Waals surface area contributed by atoms with E-state index in [0.717, 1.165) is 16.7 Å². The molecule has 0 atom stereocenters. The highest BCUT2D eigenvalue weighted by molar-refractivity contribution is 6.04. The third-order valence-electron chi connectivity index (χ3n) is 5.47. The molecule has 7 nitrogen and oxygen atoms in total. The molecule has 0 fully saturated rings. The molecule has 4 aromatic rings. The van der Waals surface area contributed by atoms with Gasteiger partial charge < -0.3 is 20.1 Å². The molecule has 37 heavy (non-hydrogen) atoms. The van der Waals surface area contributed by atoms with E-state index in [1.165, 1.54) is 12.1 Å². The lowest BCUT2D eigenvalue weighted by atomic mass is 10.0. The number of hydrogen-bond acceptors (Lipinski definition) is 5. The van der Waals surface area contributed by atoms with Crippen LogP contribution in [0, 0.1) is 0 Å². The van der Waals surface area contributed by atoms with Crippen molar-refractivity contribution in [1.82, 2.24) is 5.32 Å². The number of amides is 2. The Morgan fingerprint density at radius 2 is 1.35 bits per heavy atom. The summed E-state index contributed by atoms with van der Waals surface area (Å²) in [5.74, 6) is -0.213. The van der Waals surface area contributed by atoms with Crippen LogP contribution in [0.2, 0.25) is 0 Å². The van der Waals surface area contributed by atoms with E-state index in [0.29, 0.717) is 16.8 Å². The summed E-state index contributed by atoms with van der Waals surface area (Å²) < 4.78 is 9.72. The van der Waals surface area contributed by atoms with Gasteiger partial charge in [0.15, 0.2) is 0 Å². The Morgan fingerprint density at radius 1 is 0.703 bits per heavy atom. The highest BCUT2D eigenvalue weighted by atomic mass is 16.7. The zero-order valence-electron chi connectivity index (χ0n) is 20.3. The van der Waals surface area contributed by atoms with Gasteiger partial charge in [0.05, 0.1) is 6.61 Å². The van der Waals surface area contributed by atoms with Gasteiger partial charge in [0.2, 0.25) is 0 Å². The number of carbonyl (C=O) groups is 3. The van der Waals surface area contributed by atoms with Crippen molar-refractivity contribution in [3.63, 3.8) is 0 Å². The van der Waals surface area contributed by atoms with Gasteiger partial charge >= 0.3 is 6.16 Å². The topological polar surface area (TPSA) is 93.7 Å². The Hall–Kier alpha value is -4.91. The van der Waals surface area contributed by atoms with E-state index in [-0.39, 0.29) is 30.7 Å². The van der Waals surface area contributed by atoms with Crippen molar-refractivity contribution in [2.75, 3.05) is 11.9 Å². The second kappa shape index (κ2) is 12.2. The summed E-state index contributed by atoms with van der Waals surface area (Å²) in [7, 11) is 0. The van der Waals surface area contributed by atoms with Gasteiger partial charge in [0.1, 0.15) is 5.75 Å². The summed E-state index contributed by atoms with van der Waals surface area (Å²) in [6.45, 7) is 2.17. The average molecular weight is 495 g/mol. The third-order valence-corrected chi connectivity index (χ3v) is 5.47. The summed E-state index contributed by atoms with van der Waals surface area (Å²) in [5.41, 5.74) is 4.55. The zero-order chi connectivity index (χ0) is 26.0. The van der Waals surface area contributed by atoms with Crippen LogP contribution < -0.4 is 15.4 Å². The molecule has 0 aromatic heterocycles. The van der Waals surface area contributed by atoms with Gasteiger partial charge in [-0.25, -0.2) is 4.79 Å². The van der Waals surface area contributed by atoms with E-state index in [9.17, 15) is 14.4 Å². The first-order chi connectivity index (χ1) is 18.0. The highest BCUT2D eigenvalue weighted by Crippen LogP contribution is 2.20. The van der Waals surface area contributed by atoms with Crippen molar-refractivity contribution < 1.29 is 23.9 Å². The largest absolute Gasteiger partial charge is 0.513 e. The van der Waals surface area contributed by atoms with Crippen LogP contribution in [-0.2, 0) is 11.3 Å². The molecule has 2 amide bonds. The number of rotatable bonds is 8. The Labute approximate surface area is 215 Å². The normalized spacial score (nSPS) is 10.3. The maximum atomic E-state index is 12.7. The maximum absolute atomic E-state index is 12.7. The molecule has 0 bridgehead atoms. The summed E-state index contributed by atoms with van der Waals surface area (Å²) in [6.07, 6.45) is -0.795. The van der Waals surface area contributed by atoms with Crippen molar-refractivity contribution in [3.8, 4) is 16.9 Å². The second-order valence-electron chi connectivity index (χ2n) is 8.09. The van der Waals surface area contributed by atoms with Gasteiger partial charge in [0, 0.05) is 23.4 Å². The lowest BCUT2D eigenvalue weighted by Gasteiger charge is -2.10. The standard InChI is InChI=1S/C30H26N2O5/c1-2-36-30(35)37-27-17-15-24(16-18-27)28(33)31-20-21-7-6-10-26(19-21)32-29(34)25-13-11-23(12-14-25)22-8-4-3-5-9-22/h3-19H,2,20H2,1H3,(H,31,33)(H,32,34). The van der Waals surface area contributed by atoms with Crippen LogP contribution in [0.1, 0.15) is 33.2 Å². The van der Waals surface area contributed by atoms with E-state index < -0.39 is 6.16 Å². The van der Waals surface area contributed by atoms with Gasteiger partial charge in [-0.05, 0) is 72.1 Å². The minimum atomic E-state index is -0.795. The van der Waals surface area contributed by atoms with Crippen molar-refractivity contribution in [1.29, 1.82) is 0 Å². The summed E-state index contributed by atoms with van der Waals surface area (Å²) >= 11 is 0. The first-order valence-electron chi connectivity index (χ1n) is 11.8. The minimum Gasteiger partial charge on any atom is -0.434 e. The van der Waals surface area contributed by atoms with Gasteiger partial charge in [0.25, 0.3) is 11.8 Å². The Morgan fingerprint density at radius 3 is 2.05 bits per heavy atom. The van der Waals surface area contributed by atoms with Crippen LogP contribution in [0.5, 0.6) is 5.75 Å². The monoisotopic (exact) mass is 494 g/mol. The Kier molecular flexibility index (Phi) is 8.29. The molecule has 4 rings (SSSR count). The summed E-state index contributed by atoms with van der Waals surface area (Å²) in [6, 6.07) is 30.9. The highest BCUT2D eigenvalue weighted by Gasteiger charge is 2.10. The molecular formula is C30H26N2O5. The second-order valence-corrected chi connectivity index (χ2v) is 8.09. The number of anilines is 1. The number of nitrogens with one attached hydrogen (secondary N) is 2. The van der Waals surface area contributed by atoms with E-state index >= 15 is 0 Å². The predicted molar refractivity (Wildman–Crippen MR) is 142 cm³/mol. The van der Waals surface area contributed by atoms with Gasteiger partial charge in [-0.15, -0.1) is 0 Å². The smallest absolute Gasteiger partial charge is 0.434 e. The summed E-state index contributed by atoms with van der Waals surface area (Å²) in [5, 5.41) is 5.75. The predicted octanol–water partition coefficient (Wildman–Crippen LogP) is 6.07. The van der Waals surface area contributed by atoms with Crippen LogP contribution in [0.25, 0.3) is 11.1 Å². The molecule has 0 aliphatic rings. The molecule has 0 saturated heterocycles. The van der Waals surface area contributed by atoms with Gasteiger partial charge in [-0.3, -0.25) is 9.59 Å². The van der Waals surface area contributed by atoms with E-state index in [4.69, 9.17) is 9.47 Å². The van der Waals surface area contributed by atoms with E-state index in [2.05, 4.69) is 10.6 Å². The van der Waals surface area contributed by atoms with Crippen LogP contribution in [-0.4, -0.2) is 24.6 Å². The fraction of sp³-hybridized carbons (Fsp3) is 0.100. The zero-order valence-corrected chi connectivity index (χ0v) is 20.3. The number of ether oxygens (including phenoxy) is 2. The first kappa shape index (κ1) is 25.2. The van der Waals surface area contributed by atoms with E-state index in [1.54, 1.807) is 37.3 Å². The van der Waals surface area contributed by atoms with Crippen molar-refractivity contribution in [2.45, 2.75) is 13.5 Å². The van der Waals surface area contributed by atoms with Crippen LogP contribution in [0.4, 0.5) is 10.5 Å². The minimum absolute atomic E-state index is 0.214. The molecule has 7 heteroatoms. The van der Waals surface area contributed by atoms with Crippen molar-refractivity contribution in [2.24, 2.45) is 0 Å². The lowest BCUT2D eigenvalue weighted by Crippen LogP contribution is -2.22. The number of carbonyl (C=O) groups excluding carboxylic acids is 3. The van der Waals surface area contributed by atoms with Gasteiger partial charge in [-0.1, -0.05) is 54.6 Å². The molecule has 0 radical (unpaired) electrons. The molecule has 0 saturated carbocycles. The molecule has 4 aromatic carbocycles. The first-order valence-corrected chi connectivity index (χ1v) is 11.8. The Balaban J connectivity index is 1.31. The van der Waals surface area contributed by atoms with Crippen molar-refractivity contribution >= 4 is 23.7 Å². The molecule has 186 valence electrons. The van der Waals surface area contributed by atoms with Crippen LogP contribution in [0.3, 0.4) is 0 Å². The molecule has 0 aliphatic heterocycles. The maximum Gasteiger partial charge on any atom is 0.513 e. The summed E-state index contributed by atoms with van der Waals surface area (Å²) in [4.78, 5) is 36.6. The number of benzene rings is 4. The SMILES string of the molecule is CCOC(=O)Oc1ccc(C(=O)NCc2cccc(NC(=O)c3ccc(-c4ccccc4)cc3)c2)cc1. The molecule has 0 heterocycles.